The summed E-state index contributed by atoms with van der Waals surface area (Å²) in [7, 11) is 1.62. The van der Waals surface area contributed by atoms with Crippen LogP contribution in [0.2, 0.25) is 5.02 Å². The van der Waals surface area contributed by atoms with Crippen molar-refractivity contribution in [2.45, 2.75) is 48.8 Å². The number of benzene rings is 2. The van der Waals surface area contributed by atoms with Crippen molar-refractivity contribution in [2.24, 2.45) is 5.41 Å². The summed E-state index contributed by atoms with van der Waals surface area (Å²) in [6.07, 6.45) is 8.90. The van der Waals surface area contributed by atoms with E-state index in [1.54, 1.807) is 24.2 Å². The van der Waals surface area contributed by atoms with Crippen molar-refractivity contribution in [2.75, 3.05) is 31.7 Å². The molecule has 4 aromatic rings. The maximum absolute atomic E-state index is 13.4. The first-order valence-electron chi connectivity index (χ1n) is 13.1. The van der Waals surface area contributed by atoms with Gasteiger partial charge in [0.1, 0.15) is 16.6 Å². The Hall–Kier alpha value is -3.14. The van der Waals surface area contributed by atoms with Gasteiger partial charge < -0.3 is 14.4 Å². The van der Waals surface area contributed by atoms with E-state index in [0.29, 0.717) is 39.0 Å². The highest BCUT2D eigenvalue weighted by atomic mass is 35.5. The van der Waals surface area contributed by atoms with Gasteiger partial charge in [0.25, 0.3) is 5.56 Å². The lowest BCUT2D eigenvalue weighted by atomic mass is 9.77. The summed E-state index contributed by atoms with van der Waals surface area (Å²) in [5, 5.41) is 1.48. The third-order valence-electron chi connectivity index (χ3n) is 7.75. The van der Waals surface area contributed by atoms with Crippen LogP contribution >= 0.6 is 23.4 Å². The molecule has 0 saturated carbocycles. The van der Waals surface area contributed by atoms with Crippen molar-refractivity contribution in [1.29, 1.82) is 0 Å². The number of hydrogen-bond donors (Lipinski definition) is 0. The van der Waals surface area contributed by atoms with Gasteiger partial charge in [-0.1, -0.05) is 35.5 Å². The van der Waals surface area contributed by atoms with Crippen molar-refractivity contribution < 1.29 is 9.47 Å². The predicted molar refractivity (Wildman–Crippen MR) is 153 cm³/mol. The van der Waals surface area contributed by atoms with Crippen molar-refractivity contribution in [3.8, 4) is 5.75 Å². The molecule has 0 unspecified atom stereocenters. The minimum Gasteiger partial charge on any atom is -0.497 e. The smallest absolute Gasteiger partial charge is 0.263 e. The fourth-order valence-electron chi connectivity index (χ4n) is 5.59. The fraction of sp³-hybridized carbons (Fsp3) is 0.379. The molecule has 0 bridgehead atoms. The number of piperidine rings is 1. The fourth-order valence-corrected chi connectivity index (χ4v) is 6.71. The van der Waals surface area contributed by atoms with E-state index < -0.39 is 0 Å². The molecule has 0 amide bonds. The Morgan fingerprint density at radius 3 is 2.72 bits per heavy atom. The number of methoxy groups -OCH3 is 1. The second-order valence-corrected chi connectivity index (χ2v) is 11.9. The number of hydrogen-bond acceptors (Lipinski definition) is 8. The summed E-state index contributed by atoms with van der Waals surface area (Å²) in [5.74, 6) is 1.62. The largest absolute Gasteiger partial charge is 0.497 e. The average molecular weight is 564 g/mol. The molecule has 10 heteroatoms. The lowest BCUT2D eigenvalue weighted by Gasteiger charge is -2.38. The second kappa shape index (κ2) is 10.8. The molecule has 1 atom stereocenters. The quantitative estimate of drug-likeness (QED) is 0.306. The summed E-state index contributed by atoms with van der Waals surface area (Å²) in [5.41, 5.74) is 1.63. The number of halogens is 1. The van der Waals surface area contributed by atoms with E-state index in [1.165, 1.54) is 11.8 Å². The van der Waals surface area contributed by atoms with Crippen LogP contribution in [0.5, 0.6) is 5.75 Å². The maximum atomic E-state index is 13.4. The molecule has 2 saturated heterocycles. The van der Waals surface area contributed by atoms with E-state index in [0.717, 1.165) is 61.0 Å². The zero-order valence-corrected chi connectivity index (χ0v) is 23.5. The molecule has 0 N–H and O–H groups in total. The molecule has 0 aliphatic carbocycles. The van der Waals surface area contributed by atoms with Gasteiger partial charge in [0.05, 0.1) is 61.0 Å². The Balaban J connectivity index is 1.18. The monoisotopic (exact) mass is 563 g/mol. The van der Waals surface area contributed by atoms with Crippen molar-refractivity contribution in [3.05, 3.63) is 76.1 Å². The van der Waals surface area contributed by atoms with Crippen molar-refractivity contribution in [3.63, 3.8) is 0 Å². The van der Waals surface area contributed by atoms with Crippen LogP contribution < -0.4 is 15.2 Å². The molecule has 2 fully saturated rings. The lowest BCUT2D eigenvalue weighted by molar-refractivity contribution is 0.0976. The van der Waals surface area contributed by atoms with Gasteiger partial charge in [0.2, 0.25) is 0 Å². The second-order valence-electron chi connectivity index (χ2n) is 10.4. The van der Waals surface area contributed by atoms with Gasteiger partial charge in [0, 0.05) is 18.0 Å². The highest BCUT2D eigenvalue weighted by Gasteiger charge is 2.41. The Labute approximate surface area is 236 Å². The number of rotatable bonds is 6. The molecule has 2 aromatic carbocycles. The van der Waals surface area contributed by atoms with E-state index in [-0.39, 0.29) is 5.56 Å². The Morgan fingerprint density at radius 1 is 1.15 bits per heavy atom. The van der Waals surface area contributed by atoms with Gasteiger partial charge in [-0.15, -0.1) is 0 Å². The first kappa shape index (κ1) is 26.1. The molecule has 2 aliphatic heterocycles. The van der Waals surface area contributed by atoms with Crippen molar-refractivity contribution >= 4 is 40.1 Å². The molecule has 202 valence electrons. The van der Waals surface area contributed by atoms with Crippen LogP contribution in [-0.2, 0) is 11.3 Å². The SMILES string of the molecule is COc1cccc(Cn2cnc3ccc(Sc4cnc(N5CCC6(CC5)CO[C@@H](C)C6)cn4)c(Cl)c3c2=O)c1. The summed E-state index contributed by atoms with van der Waals surface area (Å²) < 4.78 is 12.7. The number of fused-ring (bicyclic) bond motifs is 1. The van der Waals surface area contributed by atoms with Gasteiger partial charge in [-0.2, -0.15) is 0 Å². The normalized spacial score (nSPS) is 18.6. The standard InChI is InChI=1S/C29H30ClN5O3S/c1-19-13-29(17-38-19)8-10-34(11-9-29)24-14-32-25(15-31-24)39-23-7-6-22-26(27(23)30)28(36)35(18-33-22)16-20-4-3-5-21(12-20)37-2/h3-7,12,14-15,18-19H,8-11,13,16-17H2,1-2H3/t19-/m0/s1. The molecule has 6 rings (SSSR count). The minimum atomic E-state index is -0.193. The number of ether oxygens (including phenoxy) is 2. The summed E-state index contributed by atoms with van der Waals surface area (Å²) >= 11 is 8.17. The van der Waals surface area contributed by atoms with Crippen LogP contribution in [-0.4, -0.2) is 52.4 Å². The molecule has 2 aliphatic rings. The highest BCUT2D eigenvalue weighted by Crippen LogP contribution is 2.42. The number of anilines is 1. The van der Waals surface area contributed by atoms with E-state index in [2.05, 4.69) is 21.8 Å². The lowest BCUT2D eigenvalue weighted by Crippen LogP contribution is -2.41. The summed E-state index contributed by atoms with van der Waals surface area (Å²) in [6, 6.07) is 11.3. The van der Waals surface area contributed by atoms with Crippen LogP contribution in [0.25, 0.3) is 10.9 Å². The molecular formula is C29H30ClN5O3S. The Kier molecular flexibility index (Phi) is 7.22. The molecule has 8 nitrogen and oxygen atoms in total. The van der Waals surface area contributed by atoms with Crippen LogP contribution in [0.1, 0.15) is 31.7 Å². The predicted octanol–water partition coefficient (Wildman–Crippen LogP) is 5.44. The van der Waals surface area contributed by atoms with E-state index in [1.807, 2.05) is 42.6 Å². The van der Waals surface area contributed by atoms with Crippen molar-refractivity contribution in [1.82, 2.24) is 19.5 Å². The molecular weight excluding hydrogens is 534 g/mol. The molecule has 0 radical (unpaired) electrons. The summed E-state index contributed by atoms with van der Waals surface area (Å²) in [4.78, 5) is 30.3. The molecule has 2 aromatic heterocycles. The average Bonchev–Trinajstić information content (AvgIpc) is 3.32. The molecule has 1 spiro atoms. The first-order chi connectivity index (χ1) is 18.9. The number of aromatic nitrogens is 4. The zero-order valence-electron chi connectivity index (χ0n) is 22.0. The van der Waals surface area contributed by atoms with Crippen LogP contribution in [0.4, 0.5) is 5.82 Å². The van der Waals surface area contributed by atoms with E-state index >= 15 is 0 Å². The van der Waals surface area contributed by atoms with Crippen LogP contribution in [0, 0.1) is 5.41 Å². The topological polar surface area (TPSA) is 82.4 Å². The van der Waals surface area contributed by atoms with Crippen LogP contribution in [0.15, 0.2) is 69.8 Å². The third-order valence-corrected chi connectivity index (χ3v) is 9.24. The van der Waals surface area contributed by atoms with Gasteiger partial charge in [-0.05, 0) is 61.4 Å². The highest BCUT2D eigenvalue weighted by molar-refractivity contribution is 7.99. The van der Waals surface area contributed by atoms with Gasteiger partial charge in [-0.25, -0.2) is 15.0 Å². The Morgan fingerprint density at radius 2 is 2.00 bits per heavy atom. The van der Waals surface area contributed by atoms with Gasteiger partial charge >= 0.3 is 0 Å². The minimum absolute atomic E-state index is 0.193. The van der Waals surface area contributed by atoms with E-state index in [9.17, 15) is 4.79 Å². The zero-order chi connectivity index (χ0) is 27.0. The van der Waals surface area contributed by atoms with Crippen LogP contribution in [0.3, 0.4) is 0 Å². The molecule has 39 heavy (non-hydrogen) atoms. The number of nitrogens with zero attached hydrogens (tertiary/aromatic N) is 5. The van der Waals surface area contributed by atoms with Gasteiger partial charge in [-0.3, -0.25) is 9.36 Å². The van der Waals surface area contributed by atoms with Gasteiger partial charge in [0.15, 0.2) is 0 Å². The summed E-state index contributed by atoms with van der Waals surface area (Å²) in [6.45, 7) is 5.32. The van der Waals surface area contributed by atoms with E-state index in [4.69, 9.17) is 26.1 Å². The molecule has 4 heterocycles. The maximum Gasteiger partial charge on any atom is 0.263 e. The third kappa shape index (κ3) is 5.35. The first-order valence-corrected chi connectivity index (χ1v) is 14.3. The Bertz CT molecular complexity index is 1550.